The molecule has 0 saturated carbocycles. The lowest BCUT2D eigenvalue weighted by Crippen LogP contribution is -2.22. The zero-order valence-corrected chi connectivity index (χ0v) is 16.9. The van der Waals surface area contributed by atoms with Gasteiger partial charge < -0.3 is 4.74 Å². The van der Waals surface area contributed by atoms with Crippen molar-refractivity contribution in [3.05, 3.63) is 41.8 Å². The lowest BCUT2D eigenvalue weighted by atomic mass is 9.92. The second kappa shape index (κ2) is 7.63. The third-order valence-electron chi connectivity index (χ3n) is 3.87. The van der Waals surface area contributed by atoms with Crippen LogP contribution in [0.5, 0.6) is 5.75 Å². The number of ketones is 1. The first-order chi connectivity index (χ1) is 12.4. The van der Waals surface area contributed by atoms with E-state index in [2.05, 4.69) is 10.2 Å². The molecule has 0 saturated heterocycles. The molecule has 2 aromatic heterocycles. The number of carbonyl (C=O) groups is 1. The molecule has 0 aliphatic carbocycles. The third kappa shape index (κ3) is 3.83. The van der Waals surface area contributed by atoms with Crippen LogP contribution in [0, 0.1) is 5.41 Å². The van der Waals surface area contributed by atoms with Gasteiger partial charge in [-0.3, -0.25) is 9.36 Å². The Balaban J connectivity index is 2.04. The molecule has 3 aromatic rings. The first kappa shape index (κ1) is 18.7. The average molecular weight is 388 g/mol. The Bertz CT molecular complexity index is 896. The summed E-state index contributed by atoms with van der Waals surface area (Å²) in [4.78, 5) is 13.4. The van der Waals surface area contributed by atoms with E-state index < -0.39 is 0 Å². The Kier molecular flexibility index (Phi) is 5.48. The number of rotatable bonds is 6. The van der Waals surface area contributed by atoms with E-state index in [-0.39, 0.29) is 11.2 Å². The molecule has 5 nitrogen and oxygen atoms in total. The zero-order chi connectivity index (χ0) is 18.7. The van der Waals surface area contributed by atoms with E-state index in [0.29, 0.717) is 10.9 Å². The number of carbonyl (C=O) groups excluding carboxylic acids is 1. The minimum atomic E-state index is -0.376. The second-order valence-corrected chi connectivity index (χ2v) is 8.64. The highest BCUT2D eigenvalue weighted by Gasteiger charge is 2.24. The molecular formula is C19H21N3O2S2. The van der Waals surface area contributed by atoms with E-state index >= 15 is 0 Å². The maximum Gasteiger partial charge on any atom is 0.196 e. The number of hydrogen-bond donors (Lipinski definition) is 0. The fourth-order valence-corrected chi connectivity index (χ4v) is 4.11. The van der Waals surface area contributed by atoms with Gasteiger partial charge in [0, 0.05) is 5.41 Å². The molecule has 0 atom stereocenters. The van der Waals surface area contributed by atoms with Crippen LogP contribution in [0.2, 0.25) is 0 Å². The van der Waals surface area contributed by atoms with Crippen LogP contribution >= 0.6 is 23.1 Å². The van der Waals surface area contributed by atoms with Crippen molar-refractivity contribution in [1.29, 1.82) is 0 Å². The smallest absolute Gasteiger partial charge is 0.196 e. The molecule has 0 spiro atoms. The van der Waals surface area contributed by atoms with Gasteiger partial charge in [0.2, 0.25) is 0 Å². The van der Waals surface area contributed by atoms with Crippen LogP contribution in [0.15, 0.2) is 46.9 Å². The maximum atomic E-state index is 12.3. The van der Waals surface area contributed by atoms with Crippen molar-refractivity contribution in [2.45, 2.75) is 25.9 Å². The van der Waals surface area contributed by atoms with Crippen LogP contribution in [0.1, 0.15) is 20.8 Å². The SMILES string of the molecule is COc1ccccc1-n1c(SCC(=O)C(C)(C)C)nnc1-c1cccs1. The summed E-state index contributed by atoms with van der Waals surface area (Å²) >= 11 is 3.00. The first-order valence-electron chi connectivity index (χ1n) is 8.20. The summed E-state index contributed by atoms with van der Waals surface area (Å²) in [5.74, 6) is 2.00. The number of benzene rings is 1. The van der Waals surface area contributed by atoms with Crippen molar-refractivity contribution in [2.75, 3.05) is 12.9 Å². The molecule has 0 aliphatic rings. The monoisotopic (exact) mass is 387 g/mol. The van der Waals surface area contributed by atoms with Crippen molar-refractivity contribution >= 4 is 28.9 Å². The normalized spacial score (nSPS) is 11.5. The number of hydrogen-bond acceptors (Lipinski definition) is 6. The summed E-state index contributed by atoms with van der Waals surface area (Å²) in [7, 11) is 1.64. The molecule has 0 unspecified atom stereocenters. The molecule has 3 rings (SSSR count). The molecule has 26 heavy (non-hydrogen) atoms. The van der Waals surface area contributed by atoms with Crippen LogP contribution in [0.3, 0.4) is 0 Å². The Labute approximate surface area is 161 Å². The van der Waals surface area contributed by atoms with Gasteiger partial charge in [0.25, 0.3) is 0 Å². The Morgan fingerprint density at radius 2 is 1.96 bits per heavy atom. The van der Waals surface area contributed by atoms with Gasteiger partial charge in [0.1, 0.15) is 11.5 Å². The van der Waals surface area contributed by atoms with Gasteiger partial charge in [-0.05, 0) is 23.6 Å². The van der Waals surface area contributed by atoms with Gasteiger partial charge in [0.05, 0.1) is 23.4 Å². The zero-order valence-electron chi connectivity index (χ0n) is 15.2. The van der Waals surface area contributed by atoms with Gasteiger partial charge in [-0.1, -0.05) is 50.7 Å². The van der Waals surface area contributed by atoms with Crippen LogP contribution < -0.4 is 4.74 Å². The minimum Gasteiger partial charge on any atom is -0.495 e. The van der Waals surface area contributed by atoms with Crippen LogP contribution in [-0.2, 0) is 4.79 Å². The number of aromatic nitrogens is 3. The topological polar surface area (TPSA) is 57.0 Å². The number of Topliss-reactive ketones (excluding diaryl/α,β-unsaturated/α-hetero) is 1. The van der Waals surface area contributed by atoms with Crippen molar-refractivity contribution in [3.63, 3.8) is 0 Å². The summed E-state index contributed by atoms with van der Waals surface area (Å²) < 4.78 is 7.49. The predicted octanol–water partition coefficient (Wildman–Crippen LogP) is 4.71. The predicted molar refractivity (Wildman–Crippen MR) is 106 cm³/mol. The molecule has 0 bridgehead atoms. The van der Waals surface area contributed by atoms with E-state index in [1.807, 2.05) is 67.1 Å². The average Bonchev–Trinajstić information content (AvgIpc) is 3.27. The Morgan fingerprint density at radius 1 is 1.19 bits per heavy atom. The molecule has 136 valence electrons. The molecule has 0 aliphatic heterocycles. The molecule has 2 heterocycles. The Hall–Kier alpha value is -2.12. The second-order valence-electron chi connectivity index (χ2n) is 6.75. The van der Waals surface area contributed by atoms with Crippen LogP contribution in [0.4, 0.5) is 0 Å². The summed E-state index contributed by atoms with van der Waals surface area (Å²) in [5, 5.41) is 11.4. The highest BCUT2D eigenvalue weighted by atomic mass is 32.2. The van der Waals surface area contributed by atoms with Gasteiger partial charge >= 0.3 is 0 Å². The van der Waals surface area contributed by atoms with Gasteiger partial charge in [-0.2, -0.15) is 0 Å². The lowest BCUT2D eigenvalue weighted by Gasteiger charge is -2.16. The van der Waals surface area contributed by atoms with E-state index in [1.54, 1.807) is 18.4 Å². The standard InChI is InChI=1S/C19H21N3O2S2/c1-19(2,3)16(23)12-26-18-21-20-17(15-10-7-11-25-15)22(18)13-8-5-6-9-14(13)24-4/h5-11H,12H2,1-4H3. The Morgan fingerprint density at radius 3 is 2.62 bits per heavy atom. The van der Waals surface area contributed by atoms with Crippen molar-refractivity contribution < 1.29 is 9.53 Å². The van der Waals surface area contributed by atoms with E-state index in [9.17, 15) is 4.79 Å². The highest BCUT2D eigenvalue weighted by molar-refractivity contribution is 7.99. The first-order valence-corrected chi connectivity index (χ1v) is 10.1. The summed E-state index contributed by atoms with van der Waals surface area (Å²) in [5.41, 5.74) is 0.480. The summed E-state index contributed by atoms with van der Waals surface area (Å²) in [6.07, 6.45) is 0. The number of para-hydroxylation sites is 2. The molecule has 7 heteroatoms. The van der Waals surface area contributed by atoms with Crippen LogP contribution in [-0.4, -0.2) is 33.4 Å². The van der Waals surface area contributed by atoms with E-state index in [0.717, 1.165) is 22.1 Å². The third-order valence-corrected chi connectivity index (χ3v) is 5.66. The number of thiophene rings is 1. The van der Waals surface area contributed by atoms with E-state index in [1.165, 1.54) is 11.8 Å². The molecule has 0 fully saturated rings. The maximum absolute atomic E-state index is 12.3. The quantitative estimate of drug-likeness (QED) is 0.573. The number of ether oxygens (including phenoxy) is 1. The lowest BCUT2D eigenvalue weighted by molar-refractivity contribution is -0.123. The van der Waals surface area contributed by atoms with Gasteiger partial charge in [0.15, 0.2) is 11.0 Å². The van der Waals surface area contributed by atoms with Crippen molar-refractivity contribution in [1.82, 2.24) is 14.8 Å². The highest BCUT2D eigenvalue weighted by Crippen LogP contribution is 2.34. The fraction of sp³-hybridized carbons (Fsp3) is 0.316. The summed E-state index contributed by atoms with van der Waals surface area (Å²) in [6, 6.07) is 11.7. The fourth-order valence-electron chi connectivity index (χ4n) is 2.31. The van der Waals surface area contributed by atoms with Gasteiger partial charge in [-0.15, -0.1) is 21.5 Å². The van der Waals surface area contributed by atoms with Gasteiger partial charge in [-0.25, -0.2) is 0 Å². The summed E-state index contributed by atoms with van der Waals surface area (Å²) in [6.45, 7) is 5.79. The number of nitrogens with zero attached hydrogens (tertiary/aromatic N) is 3. The molecule has 1 aromatic carbocycles. The molecule has 0 amide bonds. The number of methoxy groups -OCH3 is 1. The van der Waals surface area contributed by atoms with Crippen LogP contribution in [0.25, 0.3) is 16.4 Å². The van der Waals surface area contributed by atoms with Crippen molar-refractivity contribution in [2.24, 2.45) is 5.41 Å². The largest absolute Gasteiger partial charge is 0.495 e. The molecular weight excluding hydrogens is 366 g/mol. The minimum absolute atomic E-state index is 0.176. The molecule has 0 radical (unpaired) electrons. The molecule has 0 N–H and O–H groups in total. The number of thioether (sulfide) groups is 1. The van der Waals surface area contributed by atoms with E-state index in [4.69, 9.17) is 4.74 Å². The van der Waals surface area contributed by atoms with Crippen molar-refractivity contribution in [3.8, 4) is 22.1 Å².